The Hall–Kier alpha value is -3.38. The molecule has 0 radical (unpaired) electrons. The molecule has 1 amide bonds. The van der Waals surface area contributed by atoms with E-state index in [9.17, 15) is 4.79 Å². The van der Waals surface area contributed by atoms with Gasteiger partial charge < -0.3 is 10.1 Å². The predicted molar refractivity (Wildman–Crippen MR) is 116 cm³/mol. The van der Waals surface area contributed by atoms with Gasteiger partial charge in [-0.15, -0.1) is 0 Å². The molecular weight excluding hydrogens is 388 g/mol. The zero-order chi connectivity index (χ0) is 20.6. The molecule has 148 valence electrons. The lowest BCUT2D eigenvalue weighted by Gasteiger charge is -2.14. The highest BCUT2D eigenvalue weighted by atomic mass is 35.5. The molecule has 0 atom stereocenters. The Morgan fingerprint density at radius 1 is 1.14 bits per heavy atom. The van der Waals surface area contributed by atoms with Crippen LogP contribution in [0.3, 0.4) is 0 Å². The number of nitrogens with zero attached hydrogens (tertiary/aromatic N) is 2. The first kappa shape index (κ1) is 20.4. The van der Waals surface area contributed by atoms with Gasteiger partial charge in [-0.05, 0) is 55.0 Å². The number of nitrogens with one attached hydrogen (secondary N) is 2. The summed E-state index contributed by atoms with van der Waals surface area (Å²) in [7, 11) is 1.56. The number of rotatable bonds is 5. The predicted octanol–water partition coefficient (Wildman–Crippen LogP) is 4.45. The van der Waals surface area contributed by atoms with Gasteiger partial charge in [-0.2, -0.15) is 0 Å². The number of hydrogen-bond acceptors (Lipinski definition) is 4. The second-order valence-corrected chi connectivity index (χ2v) is 6.62. The normalized spacial score (nSPS) is 11.1. The van der Waals surface area contributed by atoms with Gasteiger partial charge in [0.2, 0.25) is 5.96 Å². The minimum Gasteiger partial charge on any atom is -0.497 e. The van der Waals surface area contributed by atoms with Crippen LogP contribution in [-0.2, 0) is 6.54 Å². The van der Waals surface area contributed by atoms with Crippen LogP contribution in [0.25, 0.3) is 0 Å². The molecule has 3 rings (SSSR count). The Kier molecular flexibility index (Phi) is 6.81. The first-order valence-electron chi connectivity index (χ1n) is 8.98. The van der Waals surface area contributed by atoms with Gasteiger partial charge in [-0.1, -0.05) is 29.8 Å². The standard InChI is InChI=1S/C22H21ClN4O2/c1-15-19(23)10-6-11-20(15)26-22(25-14-17-8-3-4-12-24-17)27-21(28)16-7-5-9-18(13-16)29-2/h3-13H,14H2,1-2H3,(H2,25,26,27,28). The Bertz CT molecular complexity index is 1020. The number of carbonyl (C=O) groups is 1. The zero-order valence-corrected chi connectivity index (χ0v) is 16.9. The molecule has 1 aromatic heterocycles. The van der Waals surface area contributed by atoms with Crippen molar-refractivity contribution in [2.24, 2.45) is 4.99 Å². The Morgan fingerprint density at radius 2 is 1.97 bits per heavy atom. The monoisotopic (exact) mass is 408 g/mol. The van der Waals surface area contributed by atoms with Crippen molar-refractivity contribution in [3.63, 3.8) is 0 Å². The van der Waals surface area contributed by atoms with E-state index in [2.05, 4.69) is 20.6 Å². The second-order valence-electron chi connectivity index (χ2n) is 6.21. The first-order valence-corrected chi connectivity index (χ1v) is 9.36. The van der Waals surface area contributed by atoms with Crippen LogP contribution in [0.15, 0.2) is 71.9 Å². The van der Waals surface area contributed by atoms with E-state index in [-0.39, 0.29) is 5.91 Å². The number of methoxy groups -OCH3 is 1. The third-order valence-corrected chi connectivity index (χ3v) is 4.62. The first-order chi connectivity index (χ1) is 14.1. The molecule has 0 aliphatic heterocycles. The summed E-state index contributed by atoms with van der Waals surface area (Å²) >= 11 is 6.21. The summed E-state index contributed by atoms with van der Waals surface area (Å²) in [5.41, 5.74) is 2.85. The van der Waals surface area contributed by atoms with Crippen molar-refractivity contribution in [1.82, 2.24) is 10.3 Å². The fraction of sp³-hybridized carbons (Fsp3) is 0.136. The summed E-state index contributed by atoms with van der Waals surface area (Å²) in [5, 5.41) is 6.61. The summed E-state index contributed by atoms with van der Waals surface area (Å²) in [4.78, 5) is 21.5. The topological polar surface area (TPSA) is 75.6 Å². The zero-order valence-electron chi connectivity index (χ0n) is 16.1. The summed E-state index contributed by atoms with van der Waals surface area (Å²) in [6, 6.07) is 18.0. The van der Waals surface area contributed by atoms with Gasteiger partial charge in [0.25, 0.3) is 5.91 Å². The lowest BCUT2D eigenvalue weighted by Crippen LogP contribution is -2.36. The van der Waals surface area contributed by atoms with Crippen molar-refractivity contribution >= 4 is 29.2 Å². The highest BCUT2D eigenvalue weighted by molar-refractivity contribution is 6.31. The van der Waals surface area contributed by atoms with Crippen LogP contribution in [0.4, 0.5) is 5.69 Å². The van der Waals surface area contributed by atoms with Crippen LogP contribution >= 0.6 is 11.6 Å². The number of ether oxygens (including phenoxy) is 1. The summed E-state index contributed by atoms with van der Waals surface area (Å²) in [6.45, 7) is 2.20. The van der Waals surface area contributed by atoms with Crippen molar-refractivity contribution < 1.29 is 9.53 Å². The maximum Gasteiger partial charge on any atom is 0.258 e. The molecule has 2 aromatic carbocycles. The number of pyridine rings is 1. The van der Waals surface area contributed by atoms with Gasteiger partial charge in [0.1, 0.15) is 5.75 Å². The summed E-state index contributed by atoms with van der Waals surface area (Å²) in [5.74, 6) is 0.591. The van der Waals surface area contributed by atoms with Crippen molar-refractivity contribution in [2.75, 3.05) is 12.4 Å². The van der Waals surface area contributed by atoms with E-state index in [1.54, 1.807) is 37.6 Å². The average molecular weight is 409 g/mol. The fourth-order valence-corrected chi connectivity index (χ4v) is 2.75. The molecule has 0 aliphatic rings. The van der Waals surface area contributed by atoms with Crippen LogP contribution in [0.1, 0.15) is 21.6 Å². The van der Waals surface area contributed by atoms with Crippen LogP contribution in [0.2, 0.25) is 5.02 Å². The molecule has 6 nitrogen and oxygen atoms in total. The van der Waals surface area contributed by atoms with E-state index < -0.39 is 0 Å². The molecule has 0 saturated carbocycles. The molecule has 0 fully saturated rings. The average Bonchev–Trinajstić information content (AvgIpc) is 2.76. The molecule has 1 heterocycles. The van der Waals surface area contributed by atoms with Crippen LogP contribution in [0, 0.1) is 6.92 Å². The Balaban J connectivity index is 1.85. The minimum absolute atomic E-state index is 0.300. The molecule has 0 unspecified atom stereocenters. The molecule has 0 bridgehead atoms. The fourth-order valence-electron chi connectivity index (χ4n) is 2.58. The third kappa shape index (κ3) is 5.56. The van der Waals surface area contributed by atoms with E-state index in [1.807, 2.05) is 43.3 Å². The molecular formula is C22H21ClN4O2. The summed E-state index contributed by atoms with van der Waals surface area (Å²) in [6.07, 6.45) is 1.70. The number of guanidine groups is 1. The van der Waals surface area contributed by atoms with Crippen LogP contribution in [0.5, 0.6) is 5.75 Å². The smallest absolute Gasteiger partial charge is 0.258 e. The van der Waals surface area contributed by atoms with Crippen molar-refractivity contribution in [1.29, 1.82) is 0 Å². The van der Waals surface area contributed by atoms with E-state index in [0.717, 1.165) is 16.9 Å². The van der Waals surface area contributed by atoms with Gasteiger partial charge in [-0.25, -0.2) is 4.99 Å². The highest BCUT2D eigenvalue weighted by Gasteiger charge is 2.12. The number of hydrogen-bond donors (Lipinski definition) is 2. The van der Waals surface area contributed by atoms with E-state index >= 15 is 0 Å². The van der Waals surface area contributed by atoms with Crippen LogP contribution < -0.4 is 15.4 Å². The van der Waals surface area contributed by atoms with Crippen LogP contribution in [-0.4, -0.2) is 24.0 Å². The highest BCUT2D eigenvalue weighted by Crippen LogP contribution is 2.23. The maximum absolute atomic E-state index is 12.7. The third-order valence-electron chi connectivity index (χ3n) is 4.21. The molecule has 0 spiro atoms. The minimum atomic E-state index is -0.309. The number of anilines is 1. The van der Waals surface area contributed by atoms with E-state index in [0.29, 0.717) is 28.8 Å². The molecule has 29 heavy (non-hydrogen) atoms. The molecule has 3 aromatic rings. The molecule has 0 saturated heterocycles. The van der Waals surface area contributed by atoms with Gasteiger partial charge in [-0.3, -0.25) is 15.1 Å². The van der Waals surface area contributed by atoms with Gasteiger partial charge >= 0.3 is 0 Å². The van der Waals surface area contributed by atoms with Crippen molar-refractivity contribution in [3.8, 4) is 5.75 Å². The largest absolute Gasteiger partial charge is 0.497 e. The molecule has 0 aliphatic carbocycles. The van der Waals surface area contributed by atoms with Crippen molar-refractivity contribution in [2.45, 2.75) is 13.5 Å². The van der Waals surface area contributed by atoms with Crippen molar-refractivity contribution in [3.05, 3.63) is 88.7 Å². The number of halogens is 1. The maximum atomic E-state index is 12.7. The molecule has 2 N–H and O–H groups in total. The van der Waals surface area contributed by atoms with Gasteiger partial charge in [0, 0.05) is 22.5 Å². The summed E-state index contributed by atoms with van der Waals surface area (Å²) < 4.78 is 5.19. The quantitative estimate of drug-likeness (QED) is 0.483. The Morgan fingerprint density at radius 3 is 2.72 bits per heavy atom. The van der Waals surface area contributed by atoms with Gasteiger partial charge in [0.15, 0.2) is 0 Å². The number of benzene rings is 2. The molecule has 7 heteroatoms. The Labute approximate surface area is 174 Å². The number of aliphatic imine (C=N–C) groups is 1. The van der Waals surface area contributed by atoms with E-state index in [4.69, 9.17) is 16.3 Å². The second kappa shape index (κ2) is 9.71. The lowest BCUT2D eigenvalue weighted by molar-refractivity contribution is 0.0976. The SMILES string of the molecule is COc1cccc(C(=O)NC(=NCc2ccccn2)Nc2cccc(Cl)c2C)c1. The van der Waals surface area contributed by atoms with Gasteiger partial charge in [0.05, 0.1) is 19.3 Å². The number of amides is 1. The number of carbonyl (C=O) groups excluding carboxylic acids is 1. The van der Waals surface area contributed by atoms with E-state index in [1.165, 1.54) is 0 Å². The lowest BCUT2D eigenvalue weighted by atomic mass is 10.2. The number of aromatic nitrogens is 1.